The minimum absolute atomic E-state index is 0.302. The van der Waals surface area contributed by atoms with Crippen molar-refractivity contribution in [3.8, 4) is 16.9 Å². The maximum atomic E-state index is 12.6. The van der Waals surface area contributed by atoms with Gasteiger partial charge in [0.1, 0.15) is 22.6 Å². The Balaban J connectivity index is 0.000000500. The van der Waals surface area contributed by atoms with Gasteiger partial charge < -0.3 is 4.74 Å². The van der Waals surface area contributed by atoms with Gasteiger partial charge in [0.15, 0.2) is 0 Å². The van der Waals surface area contributed by atoms with E-state index in [9.17, 15) is 9.18 Å². The Morgan fingerprint density at radius 2 is 2.04 bits per heavy atom. The van der Waals surface area contributed by atoms with Gasteiger partial charge >= 0.3 is 0 Å². The van der Waals surface area contributed by atoms with Crippen molar-refractivity contribution in [2.24, 2.45) is 0 Å². The quantitative estimate of drug-likeness (QED) is 0.630. The number of carbonyl (C=O) groups is 1. The number of hydrogen-bond acceptors (Lipinski definition) is 7. The van der Waals surface area contributed by atoms with E-state index in [-0.39, 0.29) is 5.91 Å². The minimum atomic E-state index is -0.417. The number of rotatable bonds is 4. The highest BCUT2D eigenvalue weighted by molar-refractivity contribution is 7.13. The highest BCUT2D eigenvalue weighted by Gasteiger charge is 2.19. The Morgan fingerprint density at radius 3 is 2.64 bits per heavy atom. The van der Waals surface area contributed by atoms with Crippen LogP contribution in [0.4, 0.5) is 9.52 Å². The number of nitrogens with zero attached hydrogens (tertiary/aromatic N) is 4. The summed E-state index contributed by atoms with van der Waals surface area (Å²) in [6.07, 6.45) is 4.24. The van der Waals surface area contributed by atoms with Gasteiger partial charge in [0, 0.05) is 23.0 Å². The van der Waals surface area contributed by atoms with Crippen LogP contribution in [-0.4, -0.2) is 39.4 Å². The molecule has 1 aliphatic carbocycles. The molecule has 1 N–H and O–H groups in total. The lowest BCUT2D eigenvalue weighted by molar-refractivity contribution is 0.102. The molecule has 0 radical (unpaired) electrons. The van der Waals surface area contributed by atoms with Crippen LogP contribution in [0.2, 0.25) is 5.15 Å². The third-order valence-corrected chi connectivity index (χ3v) is 4.53. The van der Waals surface area contributed by atoms with Crippen LogP contribution in [0.25, 0.3) is 11.1 Å². The van der Waals surface area contributed by atoms with Crippen molar-refractivity contribution in [2.45, 2.75) is 25.9 Å². The van der Waals surface area contributed by atoms with E-state index in [2.05, 4.69) is 25.5 Å². The molecule has 146 valence electrons. The first-order chi connectivity index (χ1) is 13.5. The van der Waals surface area contributed by atoms with Gasteiger partial charge in [0.25, 0.3) is 5.91 Å². The Bertz CT molecular complexity index is 967. The van der Waals surface area contributed by atoms with Crippen LogP contribution in [0.1, 0.15) is 28.9 Å². The van der Waals surface area contributed by atoms with E-state index in [1.165, 1.54) is 36.4 Å². The number of methoxy groups -OCH3 is 1. The number of aromatic nitrogens is 4. The second-order valence-electron chi connectivity index (χ2n) is 5.95. The molecule has 0 spiro atoms. The van der Waals surface area contributed by atoms with Crippen molar-refractivity contribution >= 4 is 34.0 Å². The zero-order valence-corrected chi connectivity index (χ0v) is 16.7. The summed E-state index contributed by atoms with van der Waals surface area (Å²) in [6.45, 7) is 1.84. The zero-order chi connectivity index (χ0) is 20.1. The van der Waals surface area contributed by atoms with Crippen LogP contribution in [-0.2, 0) is 0 Å². The van der Waals surface area contributed by atoms with E-state index in [1.54, 1.807) is 12.1 Å². The summed E-state index contributed by atoms with van der Waals surface area (Å²) in [6, 6.07) is 3.44. The van der Waals surface area contributed by atoms with E-state index in [4.69, 9.17) is 16.3 Å². The average molecular weight is 422 g/mol. The molecule has 1 saturated carbocycles. The number of pyridine rings is 2. The van der Waals surface area contributed by atoms with Gasteiger partial charge in [-0.2, -0.15) is 0 Å². The summed E-state index contributed by atoms with van der Waals surface area (Å²) in [5.41, 5.74) is 3.97. The van der Waals surface area contributed by atoms with E-state index >= 15 is 0 Å². The maximum Gasteiger partial charge on any atom is 0.259 e. The molecular formula is C18H17ClFN5O2S. The Labute approximate surface area is 170 Å². The predicted molar refractivity (Wildman–Crippen MR) is 106 cm³/mol. The molecule has 28 heavy (non-hydrogen) atoms. The second kappa shape index (κ2) is 9.03. The Morgan fingerprint density at radius 1 is 1.29 bits per heavy atom. The summed E-state index contributed by atoms with van der Waals surface area (Å²) in [7, 11) is 1.53. The molecule has 7 nitrogen and oxygen atoms in total. The summed E-state index contributed by atoms with van der Waals surface area (Å²) in [4.78, 5) is 20.8. The number of alkyl halides is 1. The minimum Gasteiger partial charge on any atom is -0.494 e. The molecule has 1 fully saturated rings. The van der Waals surface area contributed by atoms with Crippen molar-refractivity contribution in [3.05, 3.63) is 46.4 Å². The first-order valence-corrected chi connectivity index (χ1v) is 9.62. The molecule has 4 rings (SSSR count). The number of nitrogens with one attached hydrogen (secondary N) is 1. The summed E-state index contributed by atoms with van der Waals surface area (Å²) < 4.78 is 16.5. The van der Waals surface area contributed by atoms with Crippen molar-refractivity contribution in [3.63, 3.8) is 0 Å². The number of aryl methyl sites for hydroxylation is 1. The Kier molecular flexibility index (Phi) is 6.48. The number of carbonyl (C=O) groups excluding carboxylic acids is 1. The van der Waals surface area contributed by atoms with Gasteiger partial charge in [-0.05, 0) is 31.9 Å². The van der Waals surface area contributed by atoms with Crippen LogP contribution in [0.15, 0.2) is 30.0 Å². The van der Waals surface area contributed by atoms with E-state index in [0.29, 0.717) is 32.7 Å². The van der Waals surface area contributed by atoms with Crippen LogP contribution in [0.5, 0.6) is 5.75 Å². The normalized spacial score (nSPS) is 12.7. The van der Waals surface area contributed by atoms with Gasteiger partial charge in [-0.1, -0.05) is 22.9 Å². The molecular weight excluding hydrogens is 405 g/mol. The van der Waals surface area contributed by atoms with Crippen molar-refractivity contribution in [1.29, 1.82) is 0 Å². The molecule has 3 heterocycles. The van der Waals surface area contributed by atoms with Gasteiger partial charge in [-0.3, -0.25) is 15.1 Å². The monoisotopic (exact) mass is 421 g/mol. The van der Waals surface area contributed by atoms with Crippen LogP contribution >= 0.6 is 22.9 Å². The molecule has 0 aliphatic heterocycles. The molecule has 0 saturated heterocycles. The lowest BCUT2D eigenvalue weighted by Gasteiger charge is -2.13. The van der Waals surface area contributed by atoms with Crippen molar-refractivity contribution in [2.75, 3.05) is 12.4 Å². The smallest absolute Gasteiger partial charge is 0.259 e. The number of ether oxygens (including phenoxy) is 1. The third-order valence-electron chi connectivity index (χ3n) is 3.72. The van der Waals surface area contributed by atoms with Crippen LogP contribution in [0, 0.1) is 6.92 Å². The molecule has 10 heteroatoms. The molecule has 0 unspecified atom stereocenters. The summed E-state index contributed by atoms with van der Waals surface area (Å²) in [5.74, 6) is 0.166. The van der Waals surface area contributed by atoms with E-state index in [1.807, 2.05) is 6.92 Å². The lowest BCUT2D eigenvalue weighted by Crippen LogP contribution is -2.14. The van der Waals surface area contributed by atoms with Crippen molar-refractivity contribution < 1.29 is 13.9 Å². The zero-order valence-electron chi connectivity index (χ0n) is 15.1. The third kappa shape index (κ3) is 5.20. The van der Waals surface area contributed by atoms with E-state index in [0.717, 1.165) is 18.5 Å². The first kappa shape index (κ1) is 20.1. The maximum absolute atomic E-state index is 12.6. The largest absolute Gasteiger partial charge is 0.494 e. The molecule has 0 bridgehead atoms. The number of amides is 1. The highest BCUT2D eigenvalue weighted by Crippen LogP contribution is 2.34. The van der Waals surface area contributed by atoms with Gasteiger partial charge in [-0.15, -0.1) is 10.2 Å². The first-order valence-electron chi connectivity index (χ1n) is 8.36. The second-order valence-corrected chi connectivity index (χ2v) is 7.17. The number of halogens is 2. The summed E-state index contributed by atoms with van der Waals surface area (Å²) in [5, 5.41) is 10.9. The molecule has 0 aromatic carbocycles. The van der Waals surface area contributed by atoms with Gasteiger partial charge in [-0.25, -0.2) is 9.37 Å². The van der Waals surface area contributed by atoms with Crippen LogP contribution in [0.3, 0.4) is 0 Å². The lowest BCUT2D eigenvalue weighted by atomic mass is 10.0. The number of anilines is 1. The standard InChI is InChI=1S/C15H12ClN5O2S.C3H5F/c1-8-3-9(10-4-13(16)18-6-12(10)23-2)11(5-17-8)14(22)20-15-21-19-7-24-15;4-3-1-2-3/h3-7H,1-2H3,(H,20,21,22);3H,1-2H2. The molecule has 1 aliphatic rings. The van der Waals surface area contributed by atoms with Crippen molar-refractivity contribution in [1.82, 2.24) is 20.2 Å². The fourth-order valence-corrected chi connectivity index (χ4v) is 2.81. The molecule has 1 amide bonds. The fraction of sp³-hybridized carbons (Fsp3) is 0.278. The van der Waals surface area contributed by atoms with Gasteiger partial charge in [0.05, 0.1) is 18.9 Å². The predicted octanol–water partition coefficient (Wildman–Crippen LogP) is 4.34. The molecule has 3 aromatic heterocycles. The molecule has 3 aromatic rings. The van der Waals surface area contributed by atoms with Gasteiger partial charge in [0.2, 0.25) is 5.13 Å². The highest BCUT2D eigenvalue weighted by atomic mass is 35.5. The Hall–Kier alpha value is -2.65. The van der Waals surface area contributed by atoms with Crippen LogP contribution < -0.4 is 10.1 Å². The SMILES string of the molecule is COc1cnc(Cl)cc1-c1cc(C)ncc1C(=O)Nc1nncs1.FC1CC1. The summed E-state index contributed by atoms with van der Waals surface area (Å²) >= 11 is 7.24. The topological polar surface area (TPSA) is 89.9 Å². The average Bonchev–Trinajstić information content (AvgIpc) is 3.29. The molecule has 0 atom stereocenters. The van der Waals surface area contributed by atoms with E-state index < -0.39 is 6.17 Å². The number of hydrogen-bond donors (Lipinski definition) is 1. The fourth-order valence-electron chi connectivity index (χ4n) is 2.21.